The number of aryl methyl sites for hydroxylation is 1. The molecule has 4 rings (SSSR count). The predicted molar refractivity (Wildman–Crippen MR) is 85.8 cm³/mol. The van der Waals surface area contributed by atoms with Gasteiger partial charge in [-0.25, -0.2) is 4.98 Å². The predicted octanol–water partition coefficient (Wildman–Crippen LogP) is 3.68. The molecule has 1 saturated carbocycles. The number of pyridine rings is 1. The number of aromatic nitrogens is 3. The second-order valence-corrected chi connectivity index (χ2v) is 6.77. The molecule has 3 aromatic rings. The molecule has 0 unspecified atom stereocenters. The van der Waals surface area contributed by atoms with E-state index in [1.807, 2.05) is 6.20 Å². The third-order valence-corrected chi connectivity index (χ3v) is 5.41. The number of aliphatic hydroxyl groups is 1. The summed E-state index contributed by atoms with van der Waals surface area (Å²) in [6.45, 7) is 2.15. The molecule has 3 aromatic heterocycles. The molecular weight excluding hydrogens is 282 g/mol. The fourth-order valence-corrected chi connectivity index (χ4v) is 4.43. The van der Waals surface area contributed by atoms with Crippen LogP contribution in [0.4, 0.5) is 0 Å². The van der Waals surface area contributed by atoms with Crippen LogP contribution in [0.5, 0.6) is 0 Å². The summed E-state index contributed by atoms with van der Waals surface area (Å²) in [6.07, 6.45) is 6.62. The molecule has 3 heterocycles. The number of fused-ring (bicyclic) bond motifs is 3. The average molecular weight is 301 g/mol. The van der Waals surface area contributed by atoms with Gasteiger partial charge in [0.05, 0.1) is 28.0 Å². The van der Waals surface area contributed by atoms with Gasteiger partial charge in [-0.2, -0.15) is 0 Å². The molecule has 0 amide bonds. The topological polar surface area (TPSA) is 50.9 Å². The fourth-order valence-electron chi connectivity index (χ4n) is 3.54. The minimum Gasteiger partial charge on any atom is -0.393 e. The van der Waals surface area contributed by atoms with E-state index in [1.54, 1.807) is 11.3 Å². The zero-order valence-corrected chi connectivity index (χ0v) is 12.9. The van der Waals surface area contributed by atoms with Crippen molar-refractivity contribution in [3.05, 3.63) is 23.5 Å². The van der Waals surface area contributed by atoms with Gasteiger partial charge in [-0.15, -0.1) is 11.3 Å². The molecule has 110 valence electrons. The Morgan fingerprint density at radius 2 is 2.29 bits per heavy atom. The van der Waals surface area contributed by atoms with Crippen molar-refractivity contribution >= 4 is 32.6 Å². The van der Waals surface area contributed by atoms with Crippen molar-refractivity contribution in [1.82, 2.24) is 14.5 Å². The Hall–Kier alpha value is -1.46. The lowest BCUT2D eigenvalue weighted by Crippen LogP contribution is -2.23. The summed E-state index contributed by atoms with van der Waals surface area (Å²) in [5.74, 6) is 1.12. The van der Waals surface area contributed by atoms with Crippen molar-refractivity contribution in [2.75, 3.05) is 0 Å². The summed E-state index contributed by atoms with van der Waals surface area (Å²) in [4.78, 5) is 9.29. The first-order chi connectivity index (χ1) is 10.3. The summed E-state index contributed by atoms with van der Waals surface area (Å²) >= 11 is 1.73. The van der Waals surface area contributed by atoms with Gasteiger partial charge < -0.3 is 9.67 Å². The van der Waals surface area contributed by atoms with Gasteiger partial charge in [-0.3, -0.25) is 4.98 Å². The summed E-state index contributed by atoms with van der Waals surface area (Å²) in [7, 11) is 0. The van der Waals surface area contributed by atoms with Crippen LogP contribution in [0.25, 0.3) is 21.3 Å². The maximum Gasteiger partial charge on any atom is 0.109 e. The van der Waals surface area contributed by atoms with Crippen molar-refractivity contribution in [1.29, 1.82) is 0 Å². The van der Waals surface area contributed by atoms with Crippen LogP contribution in [-0.2, 0) is 6.42 Å². The molecule has 5 heteroatoms. The van der Waals surface area contributed by atoms with Crippen LogP contribution in [0.2, 0.25) is 0 Å². The number of nitrogens with zero attached hydrogens (tertiary/aromatic N) is 3. The van der Waals surface area contributed by atoms with E-state index >= 15 is 0 Å². The molecular formula is C16H19N3OS. The van der Waals surface area contributed by atoms with E-state index in [0.717, 1.165) is 49.0 Å². The van der Waals surface area contributed by atoms with Gasteiger partial charge in [-0.05, 0) is 37.1 Å². The van der Waals surface area contributed by atoms with Crippen LogP contribution < -0.4 is 0 Å². The van der Waals surface area contributed by atoms with E-state index in [0.29, 0.717) is 6.04 Å². The standard InChI is InChI=1S/C16H19N3OS/c1-2-14-18-13-9-17-12-6-7-21-16(12)15(13)19(14)10-4-3-5-11(20)8-10/h6-7,9-11,20H,2-5,8H2,1H3/t10-,11+/m0/s1. The molecule has 0 aromatic carbocycles. The van der Waals surface area contributed by atoms with Crippen LogP contribution in [0.3, 0.4) is 0 Å². The number of rotatable bonds is 2. The number of thiophene rings is 1. The quantitative estimate of drug-likeness (QED) is 0.785. The summed E-state index contributed by atoms with van der Waals surface area (Å²) in [5, 5.41) is 12.1. The van der Waals surface area contributed by atoms with Crippen molar-refractivity contribution in [2.45, 2.75) is 51.2 Å². The smallest absolute Gasteiger partial charge is 0.109 e. The lowest BCUT2D eigenvalue weighted by Gasteiger charge is -2.28. The number of aliphatic hydroxyl groups excluding tert-OH is 1. The van der Waals surface area contributed by atoms with E-state index in [4.69, 9.17) is 4.98 Å². The highest BCUT2D eigenvalue weighted by atomic mass is 32.1. The first-order valence-electron chi connectivity index (χ1n) is 7.69. The molecule has 0 aliphatic heterocycles. The van der Waals surface area contributed by atoms with Gasteiger partial charge in [0, 0.05) is 12.5 Å². The van der Waals surface area contributed by atoms with Gasteiger partial charge in [0.25, 0.3) is 0 Å². The summed E-state index contributed by atoms with van der Waals surface area (Å²) < 4.78 is 3.61. The van der Waals surface area contributed by atoms with Gasteiger partial charge in [0.2, 0.25) is 0 Å². The van der Waals surface area contributed by atoms with Crippen molar-refractivity contribution in [3.8, 4) is 0 Å². The van der Waals surface area contributed by atoms with Crippen LogP contribution in [0.15, 0.2) is 17.6 Å². The highest BCUT2D eigenvalue weighted by molar-refractivity contribution is 7.18. The van der Waals surface area contributed by atoms with E-state index < -0.39 is 0 Å². The van der Waals surface area contributed by atoms with Crippen LogP contribution in [0, 0.1) is 0 Å². The molecule has 4 nitrogen and oxygen atoms in total. The van der Waals surface area contributed by atoms with Crippen molar-refractivity contribution in [3.63, 3.8) is 0 Å². The largest absolute Gasteiger partial charge is 0.393 e. The second kappa shape index (κ2) is 5.07. The van der Waals surface area contributed by atoms with Crippen LogP contribution in [0.1, 0.15) is 44.5 Å². The zero-order valence-electron chi connectivity index (χ0n) is 12.1. The van der Waals surface area contributed by atoms with Gasteiger partial charge in [0.1, 0.15) is 11.3 Å². The summed E-state index contributed by atoms with van der Waals surface area (Å²) in [6, 6.07) is 2.43. The molecule has 1 aliphatic rings. The Balaban J connectivity index is 1.98. The first kappa shape index (κ1) is 13.2. The Bertz CT molecular complexity index is 791. The maximum absolute atomic E-state index is 10.0. The molecule has 21 heavy (non-hydrogen) atoms. The Morgan fingerprint density at radius 3 is 3.10 bits per heavy atom. The van der Waals surface area contributed by atoms with Crippen LogP contribution >= 0.6 is 11.3 Å². The van der Waals surface area contributed by atoms with E-state index in [1.165, 1.54) is 10.2 Å². The lowest BCUT2D eigenvalue weighted by atomic mass is 9.92. The second-order valence-electron chi connectivity index (χ2n) is 5.85. The fraction of sp³-hybridized carbons (Fsp3) is 0.500. The van der Waals surface area contributed by atoms with E-state index in [2.05, 4.69) is 27.9 Å². The van der Waals surface area contributed by atoms with Crippen molar-refractivity contribution < 1.29 is 5.11 Å². The number of hydrogen-bond acceptors (Lipinski definition) is 4. The van der Waals surface area contributed by atoms with E-state index in [-0.39, 0.29) is 6.10 Å². The zero-order chi connectivity index (χ0) is 14.4. The number of hydrogen-bond donors (Lipinski definition) is 1. The Morgan fingerprint density at radius 1 is 1.38 bits per heavy atom. The minimum atomic E-state index is -0.174. The highest BCUT2D eigenvalue weighted by Crippen LogP contribution is 2.36. The first-order valence-corrected chi connectivity index (χ1v) is 8.57. The number of imidazole rings is 1. The monoisotopic (exact) mass is 301 g/mol. The molecule has 1 fully saturated rings. The molecule has 0 saturated heterocycles. The van der Waals surface area contributed by atoms with Crippen molar-refractivity contribution in [2.24, 2.45) is 0 Å². The molecule has 0 bridgehead atoms. The molecule has 2 atom stereocenters. The summed E-state index contributed by atoms with van der Waals surface area (Å²) in [5.41, 5.74) is 3.25. The molecule has 0 radical (unpaired) electrons. The lowest BCUT2D eigenvalue weighted by molar-refractivity contribution is 0.104. The van der Waals surface area contributed by atoms with Crippen LogP contribution in [-0.4, -0.2) is 25.7 Å². The highest BCUT2D eigenvalue weighted by Gasteiger charge is 2.26. The van der Waals surface area contributed by atoms with Gasteiger partial charge in [0.15, 0.2) is 0 Å². The molecule has 0 spiro atoms. The van der Waals surface area contributed by atoms with E-state index in [9.17, 15) is 5.11 Å². The molecule has 1 aliphatic carbocycles. The maximum atomic E-state index is 10.0. The third kappa shape index (κ3) is 2.07. The minimum absolute atomic E-state index is 0.174. The molecule has 1 N–H and O–H groups in total. The van der Waals surface area contributed by atoms with Gasteiger partial charge in [-0.1, -0.05) is 6.92 Å². The Kier molecular flexibility index (Phi) is 3.19. The Labute approximate surface area is 127 Å². The SMILES string of the molecule is CCc1nc2cnc3ccsc3c2n1[C@H]1CCC[C@@H](O)C1. The van der Waals surface area contributed by atoms with Gasteiger partial charge >= 0.3 is 0 Å². The average Bonchev–Trinajstić information content (AvgIpc) is 3.10. The third-order valence-electron chi connectivity index (χ3n) is 4.50. The normalized spacial score (nSPS) is 23.1.